The molecule has 2 N–H and O–H groups in total. The van der Waals surface area contributed by atoms with E-state index in [9.17, 15) is 4.79 Å². The molecule has 0 radical (unpaired) electrons. The normalized spacial score (nSPS) is 10.3. The summed E-state index contributed by atoms with van der Waals surface area (Å²) >= 11 is 7.31. The van der Waals surface area contributed by atoms with Gasteiger partial charge in [0.2, 0.25) is 0 Å². The number of amides is 1. The van der Waals surface area contributed by atoms with Crippen molar-refractivity contribution < 1.29 is 9.90 Å². The van der Waals surface area contributed by atoms with Gasteiger partial charge in [0.1, 0.15) is 4.88 Å². The molecular weight excluding hydrogens is 234 g/mol. The maximum absolute atomic E-state index is 11.6. The maximum atomic E-state index is 11.6. The Morgan fingerprint density at radius 3 is 2.87 bits per heavy atom. The first-order valence-electron chi connectivity index (χ1n) is 4.79. The number of thiophene rings is 1. The molecule has 1 heterocycles. The Morgan fingerprint density at radius 1 is 1.60 bits per heavy atom. The third-order valence-electron chi connectivity index (χ3n) is 1.98. The van der Waals surface area contributed by atoms with Gasteiger partial charge in [-0.3, -0.25) is 4.79 Å². The lowest BCUT2D eigenvalue weighted by Crippen LogP contribution is -2.23. The highest BCUT2D eigenvalue weighted by atomic mass is 35.5. The van der Waals surface area contributed by atoms with E-state index in [2.05, 4.69) is 5.32 Å². The van der Waals surface area contributed by atoms with Crippen LogP contribution in [0.5, 0.6) is 0 Å². The first-order valence-corrected chi connectivity index (χ1v) is 6.05. The average Bonchev–Trinajstić information content (AvgIpc) is 2.55. The molecule has 0 fully saturated rings. The third-order valence-corrected chi connectivity index (χ3v) is 3.67. The van der Waals surface area contributed by atoms with Crippen molar-refractivity contribution in [1.82, 2.24) is 5.32 Å². The SMILES string of the molecule is Cc1csc(C(=O)NCCCCO)c1Cl. The number of aryl methyl sites for hydroxylation is 1. The van der Waals surface area contributed by atoms with Crippen LogP contribution in [-0.2, 0) is 0 Å². The quantitative estimate of drug-likeness (QED) is 0.784. The first kappa shape index (κ1) is 12.5. The molecule has 0 aliphatic carbocycles. The Balaban J connectivity index is 2.44. The summed E-state index contributed by atoms with van der Waals surface area (Å²) in [4.78, 5) is 12.2. The van der Waals surface area contributed by atoms with Gasteiger partial charge < -0.3 is 10.4 Å². The van der Waals surface area contributed by atoms with Gasteiger partial charge >= 0.3 is 0 Å². The smallest absolute Gasteiger partial charge is 0.262 e. The summed E-state index contributed by atoms with van der Waals surface area (Å²) in [6.45, 7) is 2.61. The van der Waals surface area contributed by atoms with Crippen molar-refractivity contribution in [3.05, 3.63) is 20.8 Å². The number of hydrogen-bond acceptors (Lipinski definition) is 3. The molecule has 84 valence electrons. The number of carbonyl (C=O) groups is 1. The van der Waals surface area contributed by atoms with Crippen LogP contribution in [0.3, 0.4) is 0 Å². The number of nitrogens with one attached hydrogen (secondary N) is 1. The lowest BCUT2D eigenvalue weighted by molar-refractivity contribution is 0.0956. The minimum Gasteiger partial charge on any atom is -0.396 e. The summed E-state index contributed by atoms with van der Waals surface area (Å²) in [5, 5.41) is 13.7. The second-order valence-corrected chi connectivity index (χ2v) is 4.51. The molecule has 1 rings (SSSR count). The highest BCUT2D eigenvalue weighted by Crippen LogP contribution is 2.26. The van der Waals surface area contributed by atoms with E-state index in [-0.39, 0.29) is 12.5 Å². The standard InChI is InChI=1S/C10H14ClNO2S/c1-7-6-15-9(8(7)11)10(14)12-4-2-3-5-13/h6,13H,2-5H2,1H3,(H,12,14). The number of rotatable bonds is 5. The number of hydrogen-bond donors (Lipinski definition) is 2. The van der Waals surface area contributed by atoms with Gasteiger partial charge in [0.15, 0.2) is 0 Å². The Morgan fingerprint density at radius 2 is 2.33 bits per heavy atom. The molecule has 0 aliphatic rings. The highest BCUT2D eigenvalue weighted by Gasteiger charge is 2.13. The molecule has 15 heavy (non-hydrogen) atoms. The second-order valence-electron chi connectivity index (χ2n) is 3.25. The molecule has 0 saturated carbocycles. The molecule has 0 aromatic carbocycles. The predicted octanol–water partition coefficient (Wildman–Crippen LogP) is 2.21. The van der Waals surface area contributed by atoms with Gasteiger partial charge in [-0.25, -0.2) is 0 Å². The number of halogens is 1. The van der Waals surface area contributed by atoms with Crippen molar-refractivity contribution in [3.8, 4) is 0 Å². The fraction of sp³-hybridized carbons (Fsp3) is 0.500. The molecular formula is C10H14ClNO2S. The largest absolute Gasteiger partial charge is 0.396 e. The van der Waals surface area contributed by atoms with Gasteiger partial charge in [0, 0.05) is 13.2 Å². The first-order chi connectivity index (χ1) is 7.16. The van der Waals surface area contributed by atoms with Gasteiger partial charge in [-0.05, 0) is 30.7 Å². The molecule has 0 saturated heterocycles. The molecule has 0 aliphatic heterocycles. The van der Waals surface area contributed by atoms with Crippen LogP contribution < -0.4 is 5.32 Å². The van der Waals surface area contributed by atoms with E-state index in [0.29, 0.717) is 22.9 Å². The third kappa shape index (κ3) is 3.48. The summed E-state index contributed by atoms with van der Waals surface area (Å²) in [6.07, 6.45) is 1.49. The highest BCUT2D eigenvalue weighted by molar-refractivity contribution is 7.13. The van der Waals surface area contributed by atoms with E-state index in [1.807, 2.05) is 12.3 Å². The van der Waals surface area contributed by atoms with Gasteiger partial charge in [0.25, 0.3) is 5.91 Å². The summed E-state index contributed by atoms with van der Waals surface area (Å²) in [5.41, 5.74) is 0.933. The fourth-order valence-corrected chi connectivity index (χ4v) is 2.30. The van der Waals surface area contributed by atoms with Crippen LogP contribution in [-0.4, -0.2) is 24.2 Å². The van der Waals surface area contributed by atoms with E-state index < -0.39 is 0 Å². The van der Waals surface area contributed by atoms with Crippen molar-refractivity contribution in [2.24, 2.45) is 0 Å². The van der Waals surface area contributed by atoms with Crippen molar-refractivity contribution in [2.75, 3.05) is 13.2 Å². The monoisotopic (exact) mass is 247 g/mol. The van der Waals surface area contributed by atoms with Crippen LogP contribution in [0, 0.1) is 6.92 Å². The van der Waals surface area contributed by atoms with Crippen molar-refractivity contribution in [1.29, 1.82) is 0 Å². The number of aliphatic hydroxyl groups is 1. The molecule has 0 atom stereocenters. The lowest BCUT2D eigenvalue weighted by Gasteiger charge is -2.02. The minimum atomic E-state index is -0.129. The zero-order chi connectivity index (χ0) is 11.3. The Labute approximate surface area is 98.1 Å². The lowest BCUT2D eigenvalue weighted by atomic mass is 10.3. The van der Waals surface area contributed by atoms with E-state index in [1.165, 1.54) is 11.3 Å². The fourth-order valence-electron chi connectivity index (χ4n) is 1.10. The van der Waals surface area contributed by atoms with Crippen molar-refractivity contribution >= 4 is 28.8 Å². The summed E-state index contributed by atoms with van der Waals surface area (Å²) in [7, 11) is 0. The van der Waals surface area contributed by atoms with Gasteiger partial charge in [-0.1, -0.05) is 11.6 Å². The molecule has 1 aromatic rings. The van der Waals surface area contributed by atoms with Crippen LogP contribution in [0.25, 0.3) is 0 Å². The molecule has 0 spiro atoms. The Hall–Kier alpha value is -0.580. The number of aliphatic hydroxyl groups excluding tert-OH is 1. The zero-order valence-electron chi connectivity index (χ0n) is 8.55. The van der Waals surface area contributed by atoms with Crippen LogP contribution in [0.1, 0.15) is 28.1 Å². The molecule has 1 aromatic heterocycles. The summed E-state index contributed by atoms with van der Waals surface area (Å²) in [5.74, 6) is -0.129. The number of unbranched alkanes of at least 4 members (excludes halogenated alkanes) is 1. The van der Waals surface area contributed by atoms with Crippen LogP contribution in [0.2, 0.25) is 5.02 Å². The Bertz CT molecular complexity index is 338. The number of carbonyl (C=O) groups excluding carboxylic acids is 1. The summed E-state index contributed by atoms with van der Waals surface area (Å²) < 4.78 is 0. The van der Waals surface area contributed by atoms with E-state index in [0.717, 1.165) is 12.0 Å². The van der Waals surface area contributed by atoms with E-state index >= 15 is 0 Å². The van der Waals surface area contributed by atoms with Gasteiger partial charge in [0.05, 0.1) is 5.02 Å². The average molecular weight is 248 g/mol. The molecule has 5 heteroatoms. The minimum absolute atomic E-state index is 0.129. The Kier molecular flexibility index (Phi) is 5.08. The van der Waals surface area contributed by atoms with E-state index in [1.54, 1.807) is 0 Å². The van der Waals surface area contributed by atoms with E-state index in [4.69, 9.17) is 16.7 Å². The molecule has 0 bridgehead atoms. The molecule has 0 unspecified atom stereocenters. The zero-order valence-corrected chi connectivity index (χ0v) is 10.1. The van der Waals surface area contributed by atoms with Crippen LogP contribution in [0.4, 0.5) is 0 Å². The van der Waals surface area contributed by atoms with Gasteiger partial charge in [-0.2, -0.15) is 0 Å². The predicted molar refractivity (Wildman–Crippen MR) is 62.7 cm³/mol. The second kappa shape index (κ2) is 6.10. The van der Waals surface area contributed by atoms with Gasteiger partial charge in [-0.15, -0.1) is 11.3 Å². The van der Waals surface area contributed by atoms with Crippen LogP contribution >= 0.6 is 22.9 Å². The van der Waals surface area contributed by atoms with Crippen molar-refractivity contribution in [3.63, 3.8) is 0 Å². The molecule has 3 nitrogen and oxygen atoms in total. The molecule has 1 amide bonds. The maximum Gasteiger partial charge on any atom is 0.262 e. The van der Waals surface area contributed by atoms with Crippen molar-refractivity contribution in [2.45, 2.75) is 19.8 Å². The van der Waals surface area contributed by atoms with Crippen LogP contribution in [0.15, 0.2) is 5.38 Å². The topological polar surface area (TPSA) is 49.3 Å². The summed E-state index contributed by atoms with van der Waals surface area (Å²) in [6, 6.07) is 0.